The minimum atomic E-state index is -4.45. The zero-order chi connectivity index (χ0) is 21.0. The van der Waals surface area contributed by atoms with Crippen LogP contribution in [0.25, 0.3) is 5.69 Å². The summed E-state index contributed by atoms with van der Waals surface area (Å²) in [7, 11) is 0. The first-order chi connectivity index (χ1) is 13.8. The Balaban J connectivity index is 1.82. The number of hydrogen-bond acceptors (Lipinski definition) is 5. The molecule has 0 fully saturated rings. The lowest BCUT2D eigenvalue weighted by Gasteiger charge is -2.10. The number of oxime groups is 1. The summed E-state index contributed by atoms with van der Waals surface area (Å²) in [5.74, 6) is -0.105. The molecule has 0 aliphatic rings. The van der Waals surface area contributed by atoms with E-state index in [1.54, 1.807) is 24.3 Å². The Bertz CT molecular complexity index is 1120. The van der Waals surface area contributed by atoms with Crippen molar-refractivity contribution in [3.8, 4) is 5.69 Å². The quantitative estimate of drug-likeness (QED) is 0.388. The number of aldehydes is 1. The Labute approximate surface area is 162 Å². The van der Waals surface area contributed by atoms with Gasteiger partial charge in [0.25, 0.3) is 0 Å². The Morgan fingerprint density at radius 1 is 1.24 bits per heavy atom. The fourth-order valence-electron chi connectivity index (χ4n) is 2.64. The average Bonchev–Trinajstić information content (AvgIpc) is 3.08. The maximum absolute atomic E-state index is 12.8. The smallest absolute Gasteiger partial charge is 0.391 e. The lowest BCUT2D eigenvalue weighted by molar-refractivity contribution is -0.137. The van der Waals surface area contributed by atoms with Crippen LogP contribution in [0.2, 0.25) is 0 Å². The van der Waals surface area contributed by atoms with Crippen molar-refractivity contribution in [2.24, 2.45) is 5.16 Å². The molecule has 0 unspecified atom stereocenters. The molecule has 1 heterocycles. The maximum Gasteiger partial charge on any atom is 0.416 e. The molecule has 10 heteroatoms. The summed E-state index contributed by atoms with van der Waals surface area (Å²) in [4.78, 5) is 28.4. The van der Waals surface area contributed by atoms with Gasteiger partial charge < -0.3 is 4.84 Å². The second-order valence-corrected chi connectivity index (χ2v) is 6.00. The van der Waals surface area contributed by atoms with Crippen molar-refractivity contribution in [3.05, 3.63) is 81.5 Å². The van der Waals surface area contributed by atoms with Gasteiger partial charge in [0.1, 0.15) is 6.61 Å². The van der Waals surface area contributed by atoms with E-state index >= 15 is 0 Å². The highest BCUT2D eigenvalue weighted by Gasteiger charge is 2.30. The number of benzene rings is 2. The van der Waals surface area contributed by atoms with Crippen LogP contribution in [0.1, 0.15) is 34.2 Å². The third-order valence-corrected chi connectivity index (χ3v) is 4.07. The monoisotopic (exact) mass is 404 g/mol. The van der Waals surface area contributed by atoms with Gasteiger partial charge in [-0.1, -0.05) is 35.5 Å². The van der Waals surface area contributed by atoms with Gasteiger partial charge in [-0.2, -0.15) is 13.2 Å². The molecule has 0 amide bonds. The molecule has 1 N–H and O–H groups in total. The predicted molar refractivity (Wildman–Crippen MR) is 98.0 cm³/mol. The van der Waals surface area contributed by atoms with Gasteiger partial charge in [0.2, 0.25) is 5.82 Å². The number of alkyl halides is 3. The summed E-state index contributed by atoms with van der Waals surface area (Å²) in [6.07, 6.45) is -4.02. The zero-order valence-electron chi connectivity index (χ0n) is 15.1. The average molecular weight is 404 g/mol. The minimum Gasteiger partial charge on any atom is -0.391 e. The van der Waals surface area contributed by atoms with Gasteiger partial charge in [-0.05, 0) is 30.7 Å². The Morgan fingerprint density at radius 2 is 2.00 bits per heavy atom. The first kappa shape index (κ1) is 20.1. The second kappa shape index (κ2) is 8.13. The molecule has 0 bridgehead atoms. The van der Waals surface area contributed by atoms with Crippen LogP contribution < -0.4 is 5.69 Å². The van der Waals surface area contributed by atoms with Crippen molar-refractivity contribution in [2.75, 3.05) is 0 Å². The number of hydrogen-bond donors (Lipinski definition) is 1. The summed E-state index contributed by atoms with van der Waals surface area (Å²) in [5, 5.41) is 9.69. The van der Waals surface area contributed by atoms with E-state index in [2.05, 4.69) is 15.4 Å². The van der Waals surface area contributed by atoms with Crippen LogP contribution in [0.4, 0.5) is 13.2 Å². The van der Waals surface area contributed by atoms with Crippen LogP contribution in [-0.4, -0.2) is 26.8 Å². The van der Waals surface area contributed by atoms with Gasteiger partial charge in [0, 0.05) is 5.56 Å². The lowest BCUT2D eigenvalue weighted by Crippen LogP contribution is -2.18. The lowest BCUT2D eigenvalue weighted by atomic mass is 10.1. The number of rotatable bonds is 6. The van der Waals surface area contributed by atoms with Gasteiger partial charge in [-0.15, -0.1) is 5.10 Å². The van der Waals surface area contributed by atoms with E-state index in [1.807, 2.05) is 0 Å². The van der Waals surface area contributed by atoms with Gasteiger partial charge in [-0.25, -0.2) is 14.5 Å². The highest BCUT2D eigenvalue weighted by atomic mass is 19.4. The highest BCUT2D eigenvalue weighted by molar-refractivity contribution is 5.98. The molecule has 29 heavy (non-hydrogen) atoms. The number of para-hydroxylation sites is 1. The van der Waals surface area contributed by atoms with Crippen molar-refractivity contribution in [2.45, 2.75) is 19.7 Å². The Kier molecular flexibility index (Phi) is 5.62. The summed E-state index contributed by atoms with van der Waals surface area (Å²) in [5.41, 5.74) is 0.0452. The molecule has 0 aliphatic heterocycles. The van der Waals surface area contributed by atoms with Crippen LogP contribution in [-0.2, 0) is 17.6 Å². The number of aromatic nitrogens is 3. The van der Waals surface area contributed by atoms with Crippen molar-refractivity contribution in [3.63, 3.8) is 0 Å². The van der Waals surface area contributed by atoms with E-state index in [1.165, 1.54) is 19.1 Å². The molecule has 0 spiro atoms. The van der Waals surface area contributed by atoms with Gasteiger partial charge in [0.05, 0.1) is 17.0 Å². The highest BCUT2D eigenvalue weighted by Crippen LogP contribution is 2.29. The molecule has 7 nitrogen and oxygen atoms in total. The third-order valence-electron chi connectivity index (χ3n) is 4.07. The van der Waals surface area contributed by atoms with Crippen LogP contribution in [0.15, 0.2) is 58.5 Å². The van der Waals surface area contributed by atoms with Crippen LogP contribution in [0.5, 0.6) is 0 Å². The van der Waals surface area contributed by atoms with Gasteiger partial charge >= 0.3 is 11.9 Å². The van der Waals surface area contributed by atoms with Crippen LogP contribution in [0, 0.1) is 0 Å². The largest absolute Gasteiger partial charge is 0.416 e. The van der Waals surface area contributed by atoms with Crippen LogP contribution in [0.3, 0.4) is 0 Å². The first-order valence-corrected chi connectivity index (χ1v) is 8.36. The zero-order valence-corrected chi connectivity index (χ0v) is 15.1. The topological polar surface area (TPSA) is 89.3 Å². The predicted octanol–water partition coefficient (Wildman–Crippen LogP) is 3.33. The molecular weight excluding hydrogens is 389 g/mol. The van der Waals surface area contributed by atoms with E-state index in [4.69, 9.17) is 4.84 Å². The number of nitrogens with one attached hydrogen (secondary N) is 1. The van der Waals surface area contributed by atoms with E-state index in [0.29, 0.717) is 17.5 Å². The molecule has 150 valence electrons. The normalized spacial score (nSPS) is 12.1. The number of halogens is 3. The molecule has 0 saturated heterocycles. The number of H-pyrrole nitrogens is 1. The molecule has 0 atom stereocenters. The third kappa shape index (κ3) is 4.42. The Morgan fingerprint density at radius 3 is 2.72 bits per heavy atom. The molecule has 2 aromatic carbocycles. The summed E-state index contributed by atoms with van der Waals surface area (Å²) < 4.78 is 39.6. The van der Waals surface area contributed by atoms with Crippen molar-refractivity contribution < 1.29 is 22.8 Å². The SMILES string of the molecule is C/C(=N/OCc1ccccc1-n1c(C=O)n[nH]c1=O)c1cccc(C(F)(F)F)c1. The number of nitrogens with zero attached hydrogens (tertiary/aromatic N) is 3. The summed E-state index contributed by atoms with van der Waals surface area (Å²) >= 11 is 0. The number of aromatic amines is 1. The minimum absolute atomic E-state index is 0.0810. The molecule has 0 radical (unpaired) electrons. The number of carbonyl (C=O) groups excluding carboxylic acids is 1. The molecule has 0 aliphatic carbocycles. The van der Waals surface area contributed by atoms with E-state index in [-0.39, 0.29) is 23.7 Å². The second-order valence-electron chi connectivity index (χ2n) is 6.00. The molecular formula is C19H15F3N4O3. The summed E-state index contributed by atoms with van der Waals surface area (Å²) in [6, 6.07) is 11.4. The summed E-state index contributed by atoms with van der Waals surface area (Å²) in [6.45, 7) is 1.44. The van der Waals surface area contributed by atoms with E-state index < -0.39 is 17.4 Å². The molecule has 0 saturated carbocycles. The van der Waals surface area contributed by atoms with E-state index in [9.17, 15) is 22.8 Å². The van der Waals surface area contributed by atoms with Crippen molar-refractivity contribution in [1.82, 2.24) is 14.8 Å². The Hall–Kier alpha value is -3.69. The standard InChI is InChI=1S/C19H15F3N4O3/c1-12(13-6-4-7-15(9-13)19(20,21)22)25-29-11-14-5-2-3-8-16(14)26-17(10-27)23-24-18(26)28/h2-10H,11H2,1H3,(H,24,28)/b25-12-. The molecule has 1 aromatic heterocycles. The van der Waals surface area contributed by atoms with Gasteiger partial charge in [-0.3, -0.25) is 4.79 Å². The maximum atomic E-state index is 12.8. The fraction of sp³-hybridized carbons (Fsp3) is 0.158. The van der Waals surface area contributed by atoms with E-state index in [0.717, 1.165) is 16.7 Å². The fourth-order valence-corrected chi connectivity index (χ4v) is 2.64. The molecule has 3 rings (SSSR count). The molecule has 3 aromatic rings. The van der Waals surface area contributed by atoms with Crippen LogP contribution >= 0.6 is 0 Å². The van der Waals surface area contributed by atoms with Crippen molar-refractivity contribution >= 4 is 12.0 Å². The van der Waals surface area contributed by atoms with Gasteiger partial charge in [0.15, 0.2) is 6.29 Å². The number of carbonyl (C=O) groups is 1. The first-order valence-electron chi connectivity index (χ1n) is 8.36. The van der Waals surface area contributed by atoms with Crippen molar-refractivity contribution in [1.29, 1.82) is 0 Å².